The SMILES string of the molecule is CCNC(=NCCS(=O)(=O)N1CCSCC1)NCCc1ccc(OC)cc1Cl. The number of rotatable bonds is 9. The maximum Gasteiger partial charge on any atom is 0.215 e. The number of nitrogens with one attached hydrogen (secondary N) is 2. The number of aliphatic imine (C=N–C) groups is 1. The van der Waals surface area contributed by atoms with Gasteiger partial charge in [0.1, 0.15) is 5.75 Å². The molecule has 0 aliphatic carbocycles. The topological polar surface area (TPSA) is 83.0 Å². The summed E-state index contributed by atoms with van der Waals surface area (Å²) in [4.78, 5) is 4.40. The summed E-state index contributed by atoms with van der Waals surface area (Å²) in [6.45, 7) is 4.72. The van der Waals surface area contributed by atoms with Crippen LogP contribution in [-0.4, -0.2) is 75.8 Å². The molecule has 1 fully saturated rings. The van der Waals surface area contributed by atoms with Gasteiger partial charge in [-0.25, -0.2) is 12.7 Å². The molecule has 7 nitrogen and oxygen atoms in total. The van der Waals surface area contributed by atoms with Crippen LogP contribution in [0.1, 0.15) is 12.5 Å². The number of thioether (sulfide) groups is 1. The van der Waals surface area contributed by atoms with E-state index in [4.69, 9.17) is 16.3 Å². The molecule has 0 amide bonds. The molecule has 1 aromatic carbocycles. The zero-order valence-corrected chi connectivity index (χ0v) is 18.8. The lowest BCUT2D eigenvalue weighted by Crippen LogP contribution is -2.41. The van der Waals surface area contributed by atoms with Gasteiger partial charge in [-0.2, -0.15) is 11.8 Å². The Labute approximate surface area is 177 Å². The van der Waals surface area contributed by atoms with Gasteiger partial charge in [0.25, 0.3) is 0 Å². The second-order valence-corrected chi connectivity index (χ2v) is 9.94. The van der Waals surface area contributed by atoms with Gasteiger partial charge >= 0.3 is 0 Å². The van der Waals surface area contributed by atoms with Crippen LogP contribution in [0.15, 0.2) is 23.2 Å². The summed E-state index contributed by atoms with van der Waals surface area (Å²) in [5.74, 6) is 3.08. The fraction of sp³-hybridized carbons (Fsp3) is 0.611. The summed E-state index contributed by atoms with van der Waals surface area (Å²) in [7, 11) is -1.63. The smallest absolute Gasteiger partial charge is 0.215 e. The standard InChI is InChI=1S/C18H29ClN4O3S2/c1-3-20-18(21-7-6-15-4-5-16(26-2)14-17(15)19)22-8-13-28(24,25)23-9-11-27-12-10-23/h4-5,14H,3,6-13H2,1-2H3,(H2,20,21,22). The average molecular weight is 449 g/mol. The van der Waals surface area contributed by atoms with Gasteiger partial charge < -0.3 is 15.4 Å². The normalized spacial score (nSPS) is 16.0. The van der Waals surface area contributed by atoms with Crippen LogP contribution >= 0.6 is 23.4 Å². The van der Waals surface area contributed by atoms with Crippen LogP contribution in [-0.2, 0) is 16.4 Å². The Morgan fingerprint density at radius 3 is 2.71 bits per heavy atom. The number of hydrogen-bond donors (Lipinski definition) is 2. The largest absolute Gasteiger partial charge is 0.497 e. The van der Waals surface area contributed by atoms with E-state index in [0.717, 1.165) is 29.2 Å². The molecule has 0 bridgehead atoms. The van der Waals surface area contributed by atoms with Crippen molar-refractivity contribution in [1.82, 2.24) is 14.9 Å². The van der Waals surface area contributed by atoms with Crippen molar-refractivity contribution in [2.24, 2.45) is 4.99 Å². The second kappa shape index (κ2) is 11.7. The molecule has 10 heteroatoms. The van der Waals surface area contributed by atoms with Crippen LogP contribution in [0.4, 0.5) is 0 Å². The molecule has 0 aromatic heterocycles. The molecular formula is C18H29ClN4O3S2. The van der Waals surface area contributed by atoms with Crippen LogP contribution in [0.3, 0.4) is 0 Å². The molecule has 0 radical (unpaired) electrons. The number of nitrogens with zero attached hydrogens (tertiary/aromatic N) is 2. The lowest BCUT2D eigenvalue weighted by Gasteiger charge is -2.25. The molecule has 0 unspecified atom stereocenters. The number of sulfonamides is 1. The van der Waals surface area contributed by atoms with Crippen LogP contribution in [0.25, 0.3) is 0 Å². The zero-order chi connectivity index (χ0) is 20.4. The van der Waals surface area contributed by atoms with Crippen molar-refractivity contribution in [3.63, 3.8) is 0 Å². The summed E-state index contributed by atoms with van der Waals surface area (Å²) in [6, 6.07) is 5.61. The van der Waals surface area contributed by atoms with E-state index in [9.17, 15) is 8.42 Å². The maximum absolute atomic E-state index is 12.4. The van der Waals surface area contributed by atoms with E-state index in [1.165, 1.54) is 0 Å². The quantitative estimate of drug-likeness (QED) is 0.443. The van der Waals surface area contributed by atoms with Gasteiger partial charge in [-0.05, 0) is 31.0 Å². The van der Waals surface area contributed by atoms with Crippen molar-refractivity contribution in [3.8, 4) is 5.75 Å². The predicted octanol–water partition coefficient (Wildman–Crippen LogP) is 1.82. The Bertz CT molecular complexity index is 753. The highest BCUT2D eigenvalue weighted by atomic mass is 35.5. The molecule has 158 valence electrons. The van der Waals surface area contributed by atoms with Gasteiger partial charge in [-0.1, -0.05) is 17.7 Å². The van der Waals surface area contributed by atoms with Gasteiger partial charge in [0.15, 0.2) is 5.96 Å². The lowest BCUT2D eigenvalue weighted by atomic mass is 10.1. The summed E-state index contributed by atoms with van der Waals surface area (Å²) in [6.07, 6.45) is 0.719. The molecule has 0 spiro atoms. The molecule has 0 atom stereocenters. The van der Waals surface area contributed by atoms with E-state index in [1.54, 1.807) is 29.2 Å². The number of halogens is 1. The predicted molar refractivity (Wildman–Crippen MR) is 118 cm³/mol. The Balaban J connectivity index is 1.84. The third-order valence-electron chi connectivity index (χ3n) is 4.27. The lowest BCUT2D eigenvalue weighted by molar-refractivity contribution is 0.414. The number of methoxy groups -OCH3 is 1. The van der Waals surface area contributed by atoms with E-state index in [1.807, 2.05) is 19.1 Å². The van der Waals surface area contributed by atoms with E-state index in [-0.39, 0.29) is 12.3 Å². The third kappa shape index (κ3) is 7.35. The Hall–Kier alpha value is -1.16. The Morgan fingerprint density at radius 1 is 1.32 bits per heavy atom. The zero-order valence-electron chi connectivity index (χ0n) is 16.4. The van der Waals surface area contributed by atoms with Crippen molar-refractivity contribution < 1.29 is 13.2 Å². The summed E-state index contributed by atoms with van der Waals surface area (Å²) < 4.78 is 31.5. The minimum absolute atomic E-state index is 0.0263. The van der Waals surface area contributed by atoms with Gasteiger partial charge in [0, 0.05) is 42.7 Å². The first-order valence-electron chi connectivity index (χ1n) is 9.36. The monoisotopic (exact) mass is 448 g/mol. The molecule has 1 heterocycles. The van der Waals surface area contributed by atoms with E-state index in [0.29, 0.717) is 37.2 Å². The van der Waals surface area contributed by atoms with Crippen molar-refractivity contribution in [3.05, 3.63) is 28.8 Å². The van der Waals surface area contributed by atoms with Crippen LogP contribution in [0.2, 0.25) is 5.02 Å². The van der Waals surface area contributed by atoms with Crippen LogP contribution in [0, 0.1) is 0 Å². The summed E-state index contributed by atoms with van der Waals surface area (Å²) in [5.41, 5.74) is 1.01. The van der Waals surface area contributed by atoms with Gasteiger partial charge in [-0.15, -0.1) is 0 Å². The summed E-state index contributed by atoms with van der Waals surface area (Å²) in [5, 5.41) is 7.03. The molecule has 2 N–H and O–H groups in total. The third-order valence-corrected chi connectivity index (χ3v) is 7.42. The molecule has 1 saturated heterocycles. The molecule has 1 aliphatic heterocycles. The van der Waals surface area contributed by atoms with E-state index >= 15 is 0 Å². The fourth-order valence-electron chi connectivity index (χ4n) is 2.74. The van der Waals surface area contributed by atoms with Gasteiger partial charge in [0.05, 0.1) is 19.4 Å². The molecule has 28 heavy (non-hydrogen) atoms. The molecular weight excluding hydrogens is 420 g/mol. The first-order valence-corrected chi connectivity index (χ1v) is 12.5. The average Bonchev–Trinajstić information content (AvgIpc) is 2.69. The Kier molecular flexibility index (Phi) is 9.70. The van der Waals surface area contributed by atoms with Crippen LogP contribution < -0.4 is 15.4 Å². The second-order valence-electron chi connectivity index (χ2n) is 6.22. The number of ether oxygens (including phenoxy) is 1. The number of hydrogen-bond acceptors (Lipinski definition) is 5. The van der Waals surface area contributed by atoms with E-state index < -0.39 is 10.0 Å². The van der Waals surface area contributed by atoms with Gasteiger partial charge in [0.2, 0.25) is 10.0 Å². The van der Waals surface area contributed by atoms with Crippen LogP contribution in [0.5, 0.6) is 5.75 Å². The molecule has 0 saturated carbocycles. The highest BCUT2D eigenvalue weighted by molar-refractivity contribution is 7.99. The highest BCUT2D eigenvalue weighted by Gasteiger charge is 2.23. The van der Waals surface area contributed by atoms with E-state index in [2.05, 4.69) is 15.6 Å². The van der Waals surface area contributed by atoms with Crippen molar-refractivity contribution >= 4 is 39.3 Å². The highest BCUT2D eigenvalue weighted by Crippen LogP contribution is 2.22. The maximum atomic E-state index is 12.4. The van der Waals surface area contributed by atoms with Crippen molar-refractivity contribution in [1.29, 1.82) is 0 Å². The number of guanidine groups is 1. The first-order chi connectivity index (χ1) is 13.5. The number of benzene rings is 1. The molecule has 1 aromatic rings. The van der Waals surface area contributed by atoms with Gasteiger partial charge in [-0.3, -0.25) is 4.99 Å². The minimum atomic E-state index is -3.24. The fourth-order valence-corrected chi connectivity index (χ4v) is 5.46. The summed E-state index contributed by atoms with van der Waals surface area (Å²) >= 11 is 8.06. The Morgan fingerprint density at radius 2 is 2.07 bits per heavy atom. The van der Waals surface area contributed by atoms with Crippen molar-refractivity contribution in [2.75, 3.05) is 57.1 Å². The molecule has 2 rings (SSSR count). The van der Waals surface area contributed by atoms with Crippen molar-refractivity contribution in [2.45, 2.75) is 13.3 Å². The first kappa shape index (κ1) is 23.1. The minimum Gasteiger partial charge on any atom is -0.497 e. The molecule has 1 aliphatic rings.